The van der Waals surface area contributed by atoms with Gasteiger partial charge in [-0.05, 0) is 48.7 Å². The topological polar surface area (TPSA) is 68.8 Å². The van der Waals surface area contributed by atoms with E-state index in [-0.39, 0.29) is 5.91 Å². The number of aryl methyl sites for hydroxylation is 1. The molecule has 146 valence electrons. The quantitative estimate of drug-likeness (QED) is 0.670. The number of methoxy groups -OCH3 is 3. The molecule has 0 bridgehead atoms. The highest BCUT2D eigenvalue weighted by Crippen LogP contribution is 2.27. The van der Waals surface area contributed by atoms with Crippen molar-refractivity contribution in [2.24, 2.45) is 0 Å². The van der Waals surface area contributed by atoms with Crippen LogP contribution in [0.4, 0.5) is 5.69 Å². The second kappa shape index (κ2) is 10.3. The molecule has 0 atom stereocenters. The van der Waals surface area contributed by atoms with Crippen LogP contribution < -0.4 is 24.8 Å². The highest BCUT2D eigenvalue weighted by atomic mass is 16.5. The molecule has 0 aliphatic rings. The number of carbonyl (C=O) groups excluding carboxylic acids is 1. The first-order chi connectivity index (χ1) is 13.1. The maximum absolute atomic E-state index is 12.0. The fourth-order valence-electron chi connectivity index (χ4n) is 2.74. The number of anilines is 1. The van der Waals surface area contributed by atoms with E-state index in [4.69, 9.17) is 14.2 Å². The second-order valence-electron chi connectivity index (χ2n) is 6.17. The van der Waals surface area contributed by atoms with Gasteiger partial charge in [0.25, 0.3) is 0 Å². The Bertz CT molecular complexity index is 762. The first-order valence-electron chi connectivity index (χ1n) is 8.93. The number of nitrogens with one attached hydrogen (secondary N) is 2. The molecule has 2 aromatic rings. The Balaban J connectivity index is 1.75. The Hall–Kier alpha value is -2.89. The molecule has 0 saturated carbocycles. The van der Waals surface area contributed by atoms with Gasteiger partial charge in [-0.1, -0.05) is 12.1 Å². The number of hydrogen-bond acceptors (Lipinski definition) is 5. The predicted molar refractivity (Wildman–Crippen MR) is 107 cm³/mol. The highest BCUT2D eigenvalue weighted by Gasteiger charge is 2.07. The maximum atomic E-state index is 12.0. The van der Waals surface area contributed by atoms with Gasteiger partial charge in [-0.15, -0.1) is 0 Å². The Kier molecular flexibility index (Phi) is 7.79. The molecule has 1 amide bonds. The highest BCUT2D eigenvalue weighted by molar-refractivity contribution is 5.76. The molecule has 0 saturated heterocycles. The van der Waals surface area contributed by atoms with Gasteiger partial charge in [0.1, 0.15) is 5.75 Å². The summed E-state index contributed by atoms with van der Waals surface area (Å²) < 4.78 is 15.8. The van der Waals surface area contributed by atoms with Crippen molar-refractivity contribution in [3.05, 3.63) is 47.5 Å². The van der Waals surface area contributed by atoms with Crippen LogP contribution in [0.3, 0.4) is 0 Å². The van der Waals surface area contributed by atoms with Crippen molar-refractivity contribution in [1.29, 1.82) is 0 Å². The smallest absolute Gasteiger partial charge is 0.221 e. The maximum Gasteiger partial charge on any atom is 0.221 e. The van der Waals surface area contributed by atoms with Gasteiger partial charge in [-0.25, -0.2) is 0 Å². The zero-order valence-electron chi connectivity index (χ0n) is 16.4. The van der Waals surface area contributed by atoms with Crippen LogP contribution >= 0.6 is 0 Å². The van der Waals surface area contributed by atoms with Crippen LogP contribution in [0, 0.1) is 6.92 Å². The lowest BCUT2D eigenvalue weighted by atomic mass is 10.1. The van der Waals surface area contributed by atoms with Crippen molar-refractivity contribution in [1.82, 2.24) is 5.32 Å². The summed E-state index contributed by atoms with van der Waals surface area (Å²) in [7, 11) is 4.86. The molecule has 0 aliphatic carbocycles. The van der Waals surface area contributed by atoms with Gasteiger partial charge in [-0.3, -0.25) is 4.79 Å². The lowest BCUT2D eigenvalue weighted by Crippen LogP contribution is -2.27. The summed E-state index contributed by atoms with van der Waals surface area (Å²) in [6.45, 7) is 3.13. The molecule has 0 spiro atoms. The summed E-state index contributed by atoms with van der Waals surface area (Å²) in [5.74, 6) is 2.17. The van der Waals surface area contributed by atoms with Gasteiger partial charge in [0.15, 0.2) is 11.5 Å². The Morgan fingerprint density at radius 2 is 1.59 bits per heavy atom. The summed E-state index contributed by atoms with van der Waals surface area (Å²) in [6, 6.07) is 11.7. The summed E-state index contributed by atoms with van der Waals surface area (Å²) in [6.07, 6.45) is 1.12. The molecule has 0 aromatic heterocycles. The molecular weight excluding hydrogens is 344 g/mol. The average molecular weight is 372 g/mol. The molecular formula is C21H28N2O4. The third kappa shape index (κ3) is 6.09. The zero-order chi connectivity index (χ0) is 19.6. The van der Waals surface area contributed by atoms with Gasteiger partial charge < -0.3 is 24.8 Å². The monoisotopic (exact) mass is 372 g/mol. The van der Waals surface area contributed by atoms with Crippen LogP contribution in [0.1, 0.15) is 17.5 Å². The Morgan fingerprint density at radius 3 is 2.30 bits per heavy atom. The summed E-state index contributed by atoms with van der Waals surface area (Å²) in [5, 5.41) is 6.20. The normalized spacial score (nSPS) is 10.2. The van der Waals surface area contributed by atoms with Crippen LogP contribution in [0.2, 0.25) is 0 Å². The number of rotatable bonds is 10. The van der Waals surface area contributed by atoms with E-state index in [1.165, 1.54) is 0 Å². The number of amides is 1. The number of benzene rings is 2. The standard InChI is InChI=1S/C21H28N2O4/c1-15-5-7-18(25-2)17(13-15)22-12-10-21(24)23-11-9-16-6-8-19(26-3)20(14-16)27-4/h5-8,13-14,22H,9-12H2,1-4H3,(H,23,24). The minimum Gasteiger partial charge on any atom is -0.495 e. The van der Waals surface area contributed by atoms with E-state index in [0.717, 1.165) is 29.0 Å². The first kappa shape index (κ1) is 20.4. The van der Waals surface area contributed by atoms with Gasteiger partial charge in [0, 0.05) is 19.5 Å². The van der Waals surface area contributed by atoms with E-state index in [1.54, 1.807) is 21.3 Å². The van der Waals surface area contributed by atoms with Crippen molar-refractivity contribution in [3.63, 3.8) is 0 Å². The molecule has 0 heterocycles. The van der Waals surface area contributed by atoms with Crippen LogP contribution in [0.15, 0.2) is 36.4 Å². The van der Waals surface area contributed by atoms with Crippen LogP contribution in [0.25, 0.3) is 0 Å². The van der Waals surface area contributed by atoms with E-state index in [9.17, 15) is 4.79 Å². The van der Waals surface area contributed by atoms with Crippen molar-refractivity contribution in [2.45, 2.75) is 19.8 Å². The van der Waals surface area contributed by atoms with Crippen molar-refractivity contribution < 1.29 is 19.0 Å². The molecule has 2 aromatic carbocycles. The minimum atomic E-state index is 0.00889. The fraction of sp³-hybridized carbons (Fsp3) is 0.381. The summed E-state index contributed by atoms with van der Waals surface area (Å²) in [4.78, 5) is 12.0. The van der Waals surface area contributed by atoms with Gasteiger partial charge >= 0.3 is 0 Å². The van der Waals surface area contributed by atoms with E-state index in [1.807, 2.05) is 43.3 Å². The predicted octanol–water partition coefficient (Wildman–Crippen LogP) is 3.18. The second-order valence-corrected chi connectivity index (χ2v) is 6.17. The van der Waals surface area contributed by atoms with Crippen LogP contribution in [-0.4, -0.2) is 40.3 Å². The van der Waals surface area contributed by atoms with Crippen LogP contribution in [-0.2, 0) is 11.2 Å². The number of carbonyl (C=O) groups is 1. The lowest BCUT2D eigenvalue weighted by Gasteiger charge is -2.12. The molecule has 2 rings (SSSR count). The van der Waals surface area contributed by atoms with Gasteiger partial charge in [-0.2, -0.15) is 0 Å². The van der Waals surface area contributed by atoms with Crippen molar-refractivity contribution in [3.8, 4) is 17.2 Å². The first-order valence-corrected chi connectivity index (χ1v) is 8.93. The third-order valence-electron chi connectivity index (χ3n) is 4.21. The van der Waals surface area contributed by atoms with E-state index in [2.05, 4.69) is 10.6 Å². The number of hydrogen-bond donors (Lipinski definition) is 2. The summed E-state index contributed by atoms with van der Waals surface area (Å²) >= 11 is 0. The van der Waals surface area contributed by atoms with Crippen molar-refractivity contribution in [2.75, 3.05) is 39.7 Å². The fourth-order valence-corrected chi connectivity index (χ4v) is 2.74. The van der Waals surface area contributed by atoms with Crippen LogP contribution in [0.5, 0.6) is 17.2 Å². The molecule has 0 aliphatic heterocycles. The largest absolute Gasteiger partial charge is 0.495 e. The minimum absolute atomic E-state index is 0.00889. The SMILES string of the molecule is COc1ccc(C)cc1NCCC(=O)NCCc1ccc(OC)c(OC)c1. The summed E-state index contributed by atoms with van der Waals surface area (Å²) in [5.41, 5.74) is 3.11. The molecule has 6 nitrogen and oxygen atoms in total. The van der Waals surface area contributed by atoms with Crippen molar-refractivity contribution >= 4 is 11.6 Å². The van der Waals surface area contributed by atoms with Gasteiger partial charge in [0.05, 0.1) is 27.0 Å². The van der Waals surface area contributed by atoms with Gasteiger partial charge in [0.2, 0.25) is 5.91 Å². The zero-order valence-corrected chi connectivity index (χ0v) is 16.4. The molecule has 2 N–H and O–H groups in total. The molecule has 0 fully saturated rings. The lowest BCUT2D eigenvalue weighted by molar-refractivity contribution is -0.120. The third-order valence-corrected chi connectivity index (χ3v) is 4.21. The molecule has 6 heteroatoms. The molecule has 0 radical (unpaired) electrons. The average Bonchev–Trinajstić information content (AvgIpc) is 2.68. The Morgan fingerprint density at radius 1 is 0.889 bits per heavy atom. The Labute approximate surface area is 160 Å². The van der Waals surface area contributed by atoms with E-state index < -0.39 is 0 Å². The molecule has 0 unspecified atom stereocenters. The number of ether oxygens (including phenoxy) is 3. The molecule has 27 heavy (non-hydrogen) atoms. The van der Waals surface area contributed by atoms with E-state index >= 15 is 0 Å². The van der Waals surface area contributed by atoms with E-state index in [0.29, 0.717) is 31.0 Å².